The van der Waals surface area contributed by atoms with Crippen LogP contribution in [0.4, 0.5) is 10.1 Å². The number of nitro groups is 1. The lowest BCUT2D eigenvalue weighted by molar-refractivity contribution is -0.387. The van der Waals surface area contributed by atoms with Crippen LogP contribution in [-0.2, 0) is 0 Å². The van der Waals surface area contributed by atoms with Crippen molar-refractivity contribution in [2.24, 2.45) is 0 Å². The first-order chi connectivity index (χ1) is 7.68. The van der Waals surface area contributed by atoms with Gasteiger partial charge < -0.3 is 0 Å². The molecule has 4 nitrogen and oxygen atoms in total. The lowest BCUT2D eigenvalue weighted by atomic mass is 10.1. The Balaban J connectivity index is 2.52. The molecule has 16 heavy (non-hydrogen) atoms. The monoisotopic (exact) mass is 218 g/mol. The Kier molecular flexibility index (Phi) is 2.59. The van der Waals surface area contributed by atoms with E-state index in [0.29, 0.717) is 11.3 Å². The van der Waals surface area contributed by atoms with E-state index < -0.39 is 16.4 Å². The third kappa shape index (κ3) is 1.88. The van der Waals surface area contributed by atoms with Crippen LogP contribution >= 0.6 is 0 Å². The molecule has 5 heteroatoms. The summed E-state index contributed by atoms with van der Waals surface area (Å²) in [4.78, 5) is 13.8. The minimum Gasteiger partial charge on any atom is -0.258 e. The molecule has 1 aromatic carbocycles. The third-order valence-corrected chi connectivity index (χ3v) is 2.10. The van der Waals surface area contributed by atoms with Crippen LogP contribution in [0.15, 0.2) is 42.6 Å². The second kappa shape index (κ2) is 4.06. The van der Waals surface area contributed by atoms with Gasteiger partial charge in [-0.1, -0.05) is 6.07 Å². The highest BCUT2D eigenvalue weighted by Gasteiger charge is 2.14. The highest BCUT2D eigenvalue weighted by Crippen LogP contribution is 2.24. The van der Waals surface area contributed by atoms with Gasteiger partial charge in [0.25, 0.3) is 0 Å². The molecular weight excluding hydrogens is 211 g/mol. The minimum atomic E-state index is -0.843. The Bertz CT molecular complexity index is 529. The average Bonchev–Trinajstić information content (AvgIpc) is 2.30. The molecule has 0 spiro atoms. The van der Waals surface area contributed by atoms with E-state index in [1.807, 2.05) is 0 Å². The third-order valence-electron chi connectivity index (χ3n) is 2.10. The molecule has 80 valence electrons. The minimum absolute atomic E-state index is 0.522. The largest absolute Gasteiger partial charge is 0.305 e. The molecule has 1 heterocycles. The molecule has 0 unspecified atom stereocenters. The van der Waals surface area contributed by atoms with Crippen LogP contribution in [0.25, 0.3) is 11.3 Å². The first-order valence-electron chi connectivity index (χ1n) is 4.54. The van der Waals surface area contributed by atoms with E-state index in [9.17, 15) is 14.5 Å². The molecule has 0 atom stereocenters. The molecule has 0 radical (unpaired) electrons. The van der Waals surface area contributed by atoms with Crippen molar-refractivity contribution in [1.29, 1.82) is 0 Å². The summed E-state index contributed by atoms with van der Waals surface area (Å²) in [6.45, 7) is 0. The Labute approximate surface area is 90.5 Å². The lowest BCUT2D eigenvalue weighted by Gasteiger charge is -2.00. The van der Waals surface area contributed by atoms with Crippen LogP contribution in [0.1, 0.15) is 0 Å². The molecule has 1 aromatic heterocycles. The zero-order valence-corrected chi connectivity index (χ0v) is 8.13. The lowest BCUT2D eigenvalue weighted by Crippen LogP contribution is -1.93. The van der Waals surface area contributed by atoms with Crippen molar-refractivity contribution >= 4 is 5.69 Å². The van der Waals surface area contributed by atoms with Crippen molar-refractivity contribution in [1.82, 2.24) is 4.98 Å². The summed E-state index contributed by atoms with van der Waals surface area (Å²) in [5.41, 5.74) is 0.558. The molecule has 2 rings (SSSR count). The van der Waals surface area contributed by atoms with E-state index in [-0.39, 0.29) is 0 Å². The maximum absolute atomic E-state index is 13.1. The van der Waals surface area contributed by atoms with Gasteiger partial charge in [-0.25, -0.2) is 0 Å². The molecule has 0 aliphatic heterocycles. The fourth-order valence-electron chi connectivity index (χ4n) is 1.35. The van der Waals surface area contributed by atoms with E-state index in [1.54, 1.807) is 24.4 Å². The van der Waals surface area contributed by atoms with Gasteiger partial charge in [0.15, 0.2) is 0 Å². The van der Waals surface area contributed by atoms with Crippen LogP contribution in [0.2, 0.25) is 0 Å². The van der Waals surface area contributed by atoms with Crippen molar-refractivity contribution in [2.45, 2.75) is 0 Å². The van der Waals surface area contributed by atoms with Crippen molar-refractivity contribution < 1.29 is 9.31 Å². The summed E-state index contributed by atoms with van der Waals surface area (Å²) in [6, 6.07) is 8.92. The summed E-state index contributed by atoms with van der Waals surface area (Å²) in [5, 5.41) is 10.6. The van der Waals surface area contributed by atoms with Gasteiger partial charge in [-0.2, -0.15) is 4.39 Å². The van der Waals surface area contributed by atoms with Crippen LogP contribution in [0.3, 0.4) is 0 Å². The predicted octanol–water partition coefficient (Wildman–Crippen LogP) is 2.80. The van der Waals surface area contributed by atoms with Crippen molar-refractivity contribution in [2.75, 3.05) is 0 Å². The fraction of sp³-hybridized carbons (Fsp3) is 0. The number of nitro benzene ring substituents is 1. The maximum atomic E-state index is 13.1. The molecule has 0 amide bonds. The SMILES string of the molecule is O=[N+]([O-])c1cc(-c2ccccn2)ccc1F. The highest BCUT2D eigenvalue weighted by molar-refractivity contribution is 5.62. The predicted molar refractivity (Wildman–Crippen MR) is 56.3 cm³/mol. The van der Waals surface area contributed by atoms with Gasteiger partial charge in [0.1, 0.15) is 0 Å². The molecular formula is C11H7FN2O2. The number of benzene rings is 1. The molecule has 2 aromatic rings. The Hall–Kier alpha value is -2.30. The van der Waals surface area contributed by atoms with E-state index in [2.05, 4.69) is 4.98 Å². The topological polar surface area (TPSA) is 56.0 Å². The van der Waals surface area contributed by atoms with Crippen molar-refractivity contribution in [3.63, 3.8) is 0 Å². The highest BCUT2D eigenvalue weighted by atomic mass is 19.1. The molecule has 0 saturated heterocycles. The number of pyridine rings is 1. The zero-order valence-electron chi connectivity index (χ0n) is 8.13. The zero-order chi connectivity index (χ0) is 11.5. The van der Waals surface area contributed by atoms with Crippen LogP contribution in [0.5, 0.6) is 0 Å². The Morgan fingerprint density at radius 1 is 1.25 bits per heavy atom. The maximum Gasteiger partial charge on any atom is 0.305 e. The molecule has 0 bridgehead atoms. The molecule has 0 aliphatic rings. The molecule has 0 N–H and O–H groups in total. The van der Waals surface area contributed by atoms with Crippen LogP contribution in [0, 0.1) is 15.9 Å². The number of aromatic nitrogens is 1. The molecule has 0 fully saturated rings. The standard InChI is InChI=1S/C11H7FN2O2/c12-9-5-4-8(7-11(9)14(15)16)10-3-1-2-6-13-10/h1-7H. The average molecular weight is 218 g/mol. The van der Waals surface area contributed by atoms with E-state index in [0.717, 1.165) is 6.07 Å². The van der Waals surface area contributed by atoms with E-state index >= 15 is 0 Å². The van der Waals surface area contributed by atoms with E-state index in [1.165, 1.54) is 12.1 Å². The van der Waals surface area contributed by atoms with Gasteiger partial charge in [0.2, 0.25) is 5.82 Å². The van der Waals surface area contributed by atoms with Crippen molar-refractivity contribution in [3.8, 4) is 11.3 Å². The first kappa shape index (κ1) is 10.2. The number of hydrogen-bond donors (Lipinski definition) is 0. The van der Waals surface area contributed by atoms with Gasteiger partial charge in [-0.05, 0) is 24.3 Å². The second-order valence-corrected chi connectivity index (χ2v) is 3.14. The summed E-state index contributed by atoms with van der Waals surface area (Å²) in [7, 11) is 0. The first-order valence-corrected chi connectivity index (χ1v) is 4.54. The summed E-state index contributed by atoms with van der Waals surface area (Å²) in [5.74, 6) is -0.843. The number of nitrogens with zero attached hydrogens (tertiary/aromatic N) is 2. The van der Waals surface area contributed by atoms with Gasteiger partial charge in [0.05, 0.1) is 10.6 Å². The van der Waals surface area contributed by atoms with Gasteiger partial charge in [-0.15, -0.1) is 0 Å². The molecule has 0 saturated carbocycles. The van der Waals surface area contributed by atoms with Gasteiger partial charge in [0, 0.05) is 17.8 Å². The number of halogens is 1. The number of rotatable bonds is 2. The normalized spacial score (nSPS) is 10.1. The quantitative estimate of drug-likeness (QED) is 0.575. The molecule has 0 aliphatic carbocycles. The van der Waals surface area contributed by atoms with Gasteiger partial charge in [-0.3, -0.25) is 15.1 Å². The van der Waals surface area contributed by atoms with Gasteiger partial charge >= 0.3 is 5.69 Å². The van der Waals surface area contributed by atoms with E-state index in [4.69, 9.17) is 0 Å². The summed E-state index contributed by atoms with van der Waals surface area (Å²) in [6.07, 6.45) is 1.57. The van der Waals surface area contributed by atoms with Crippen LogP contribution < -0.4 is 0 Å². The Morgan fingerprint density at radius 2 is 2.06 bits per heavy atom. The Morgan fingerprint density at radius 3 is 2.69 bits per heavy atom. The van der Waals surface area contributed by atoms with Crippen molar-refractivity contribution in [3.05, 3.63) is 58.5 Å². The fourth-order valence-corrected chi connectivity index (χ4v) is 1.35. The summed E-state index contributed by atoms with van der Waals surface area (Å²) >= 11 is 0. The van der Waals surface area contributed by atoms with Crippen LogP contribution in [-0.4, -0.2) is 9.91 Å². The second-order valence-electron chi connectivity index (χ2n) is 3.14. The summed E-state index contributed by atoms with van der Waals surface area (Å²) < 4.78 is 13.1. The number of hydrogen-bond acceptors (Lipinski definition) is 3. The smallest absolute Gasteiger partial charge is 0.258 e.